The summed E-state index contributed by atoms with van der Waals surface area (Å²) in [6.45, 7) is 84.2. The number of sulfone groups is 1. The summed E-state index contributed by atoms with van der Waals surface area (Å²) in [7, 11) is -6.34. The van der Waals surface area contributed by atoms with Gasteiger partial charge in [0.05, 0.1) is 4.75 Å². The maximum absolute atomic E-state index is 11.8. The maximum atomic E-state index is 11.8. The van der Waals surface area contributed by atoms with E-state index in [1.165, 1.54) is 37.1 Å². The number of nitrogens with zero attached hydrogens (tertiary/aromatic N) is 3. The number of amides is 3. The van der Waals surface area contributed by atoms with Crippen molar-refractivity contribution in [2.75, 3.05) is 13.2 Å². The monoisotopic (exact) mass is 1580 g/mol. The van der Waals surface area contributed by atoms with Gasteiger partial charge in [0.25, 0.3) is 5.91 Å². The van der Waals surface area contributed by atoms with E-state index in [9.17, 15) is 55.2 Å². The van der Waals surface area contributed by atoms with Crippen LogP contribution < -0.4 is 15.4 Å². The normalized spacial score (nSPS) is 13.0. The zero-order valence-electron chi connectivity index (χ0n) is 75.3. The molecule has 3 rings (SSSR count). The molecule has 0 saturated heterocycles. The van der Waals surface area contributed by atoms with Gasteiger partial charge in [-0.15, -0.1) is 12.8 Å². The second-order valence-electron chi connectivity index (χ2n) is 37.1. The summed E-state index contributed by atoms with van der Waals surface area (Å²) in [4.78, 5) is 98.5. The van der Waals surface area contributed by atoms with E-state index in [1.54, 1.807) is 68.4 Å². The summed E-state index contributed by atoms with van der Waals surface area (Å²) in [5.74, 6) is 5.14. The van der Waals surface area contributed by atoms with E-state index in [1.807, 2.05) is 175 Å². The van der Waals surface area contributed by atoms with Gasteiger partial charge >= 0.3 is 0 Å². The Labute approximate surface area is 671 Å². The van der Waals surface area contributed by atoms with Gasteiger partial charge < -0.3 is 20.6 Å². The summed E-state index contributed by atoms with van der Waals surface area (Å²) in [5, 5.41) is 15.6. The Kier molecular flexibility index (Phi) is 57.7. The summed E-state index contributed by atoms with van der Waals surface area (Å²) in [6, 6.07) is 1.97. The van der Waals surface area contributed by atoms with Crippen LogP contribution in [0.25, 0.3) is 0 Å². The first kappa shape index (κ1) is 118. The van der Waals surface area contributed by atoms with Crippen LogP contribution in [0.15, 0.2) is 110 Å². The molecule has 110 heavy (non-hydrogen) atoms. The first-order valence-electron chi connectivity index (χ1n) is 37.4. The van der Waals surface area contributed by atoms with Crippen LogP contribution in [-0.4, -0.2) is 124 Å². The molecule has 630 valence electrons. The minimum Gasteiger partial charge on any atom is -0.396 e. The second kappa shape index (κ2) is 53.6. The summed E-state index contributed by atoms with van der Waals surface area (Å²) in [5.41, 5.74) is 1.18. The lowest BCUT2D eigenvalue weighted by Crippen LogP contribution is -2.45. The van der Waals surface area contributed by atoms with Gasteiger partial charge in [0.15, 0.2) is 33.0 Å². The van der Waals surface area contributed by atoms with Gasteiger partial charge in [0, 0.05) is 90.5 Å². The molecule has 19 nitrogen and oxygen atoms in total. The third kappa shape index (κ3) is 68.7. The molecular weight excluding hydrogens is 1430 g/mol. The number of aryl methyl sites for hydroxylation is 1. The molecule has 1 heterocycles. The average molecular weight is 1580 g/mol. The average Bonchev–Trinajstić information content (AvgIpc) is 0.907. The largest absolute Gasteiger partial charge is 0.396 e. The van der Waals surface area contributed by atoms with E-state index >= 15 is 0 Å². The number of nitrogens with one attached hydrogen (secondary N) is 3. The van der Waals surface area contributed by atoms with E-state index in [4.69, 9.17) is 18.0 Å². The highest BCUT2D eigenvalue weighted by Crippen LogP contribution is 2.29. The van der Waals surface area contributed by atoms with Crippen molar-refractivity contribution in [3.05, 3.63) is 121 Å². The van der Waals surface area contributed by atoms with Crippen LogP contribution in [0.2, 0.25) is 0 Å². The number of ketones is 5. The Morgan fingerprint density at radius 1 is 0.555 bits per heavy atom. The number of hydrogen-bond acceptors (Lipinski definition) is 15. The van der Waals surface area contributed by atoms with Crippen LogP contribution >= 0.6 is 0 Å². The number of aromatic nitrogens is 2. The summed E-state index contributed by atoms with van der Waals surface area (Å²) >= 11 is 0. The maximum Gasteiger partial charge on any atom is 0.296 e. The van der Waals surface area contributed by atoms with E-state index in [-0.39, 0.29) is 90.8 Å². The molecule has 21 heteroatoms. The Balaban J connectivity index is -0.000000174. The smallest absolute Gasteiger partial charge is 0.296 e. The Hall–Kier alpha value is -7.30. The fourth-order valence-electron chi connectivity index (χ4n) is 7.42. The van der Waals surface area contributed by atoms with Crippen LogP contribution in [0.3, 0.4) is 0 Å². The number of allylic oxidation sites excluding steroid dienone is 6. The van der Waals surface area contributed by atoms with Crippen molar-refractivity contribution in [1.82, 2.24) is 30.2 Å². The van der Waals surface area contributed by atoms with Crippen LogP contribution in [-0.2, 0) is 63.6 Å². The number of carbonyl (C=O) groups excluding carboxylic acids is 8. The van der Waals surface area contributed by atoms with E-state index in [0.717, 1.165) is 78.6 Å². The van der Waals surface area contributed by atoms with Crippen molar-refractivity contribution in [2.45, 2.75) is 332 Å². The zero-order valence-corrected chi connectivity index (χ0v) is 77.0. The first-order valence-corrected chi connectivity index (χ1v) is 40.5. The van der Waals surface area contributed by atoms with E-state index in [0.29, 0.717) is 18.0 Å². The molecule has 0 bridgehead atoms. The number of hydrogen-bond donors (Lipinski definition) is 4. The molecule has 2 aliphatic carbocycles. The highest BCUT2D eigenvalue weighted by atomic mass is 32.2. The molecular formula is C89H154N6O13S2. The molecule has 0 fully saturated rings. The fourth-order valence-corrected chi connectivity index (χ4v) is 8.86. The topological polar surface area (TPSA) is 290 Å². The Morgan fingerprint density at radius 2 is 0.982 bits per heavy atom. The predicted octanol–water partition coefficient (Wildman–Crippen LogP) is 18.5. The lowest BCUT2D eigenvalue weighted by molar-refractivity contribution is -0.130. The molecule has 0 saturated carbocycles. The van der Waals surface area contributed by atoms with Gasteiger partial charge in [0.2, 0.25) is 27.6 Å². The number of terminal acetylenes is 2. The SMILES string of the molecule is C#CC(=O)C(C)(C)C.C#CC(=O)NC(C)(C)C.C=CC(=O)C(C)(C)C.C=CC(=O)N(CCC)C(C)(C)C.C=CC(=O)NC(C)(C)C.C=CS(=O)(=O)C(C)(C)C.C=CS(=O)(=O)NC(C)(C)C.CC(C)(C)C(=O)/C=C/CCO.CC(C)(C)C(=O)C1=CCCC1.CC(C)(C)C(=O)C1=CCCCC1.Cc1nccc(C(C)(C)C)n1. The van der Waals surface area contributed by atoms with Gasteiger partial charge in [0.1, 0.15) is 5.82 Å². The van der Waals surface area contributed by atoms with E-state index in [2.05, 4.69) is 104 Å². The quantitative estimate of drug-likeness (QED) is 0.0811. The zero-order chi connectivity index (χ0) is 89.5. The van der Waals surface area contributed by atoms with Crippen LogP contribution in [0, 0.1) is 58.7 Å². The number of rotatable bonds is 13. The molecule has 0 aliphatic heterocycles. The third-order valence-corrected chi connectivity index (χ3v) is 17.1. The number of Topliss-reactive ketones (excluding diaryl/α,β-unsaturated/α-hetero) is 3. The van der Waals surface area contributed by atoms with Crippen LogP contribution in [0.4, 0.5) is 0 Å². The van der Waals surface area contributed by atoms with Crippen LogP contribution in [0.1, 0.15) is 305 Å². The Morgan fingerprint density at radius 3 is 1.16 bits per heavy atom. The van der Waals surface area contributed by atoms with Gasteiger partial charge in [-0.05, 0) is 222 Å². The molecule has 1 aromatic rings. The van der Waals surface area contributed by atoms with Crippen molar-refractivity contribution in [3.8, 4) is 24.7 Å². The van der Waals surface area contributed by atoms with E-state index < -0.39 is 30.1 Å². The lowest BCUT2D eigenvalue weighted by atomic mass is 9.82. The minimum atomic E-state index is -3.26. The second-order valence-corrected chi connectivity index (χ2v) is 41.4. The van der Waals surface area contributed by atoms with Crippen molar-refractivity contribution >= 4 is 66.5 Å². The molecule has 1 aromatic heterocycles. The molecule has 0 unspecified atom stereocenters. The molecule has 0 spiro atoms. The molecule has 4 N–H and O–H groups in total. The number of carbonyl (C=O) groups is 8. The molecule has 2 aliphatic rings. The highest BCUT2D eigenvalue weighted by Gasteiger charge is 2.29. The molecule has 0 radical (unpaired) electrons. The first-order chi connectivity index (χ1) is 48.9. The van der Waals surface area contributed by atoms with Crippen molar-refractivity contribution in [3.63, 3.8) is 0 Å². The molecule has 0 atom stereocenters. The summed E-state index contributed by atoms with van der Waals surface area (Å²) in [6.07, 6.45) is 32.3. The van der Waals surface area contributed by atoms with Crippen LogP contribution in [0.5, 0.6) is 0 Å². The van der Waals surface area contributed by atoms with Crippen molar-refractivity contribution < 1.29 is 60.3 Å². The number of aliphatic hydroxyl groups is 1. The third-order valence-electron chi connectivity index (χ3n) is 13.6. The number of sulfonamides is 1. The molecule has 3 amide bonds. The standard InChI is InChI=1S/C11H18O.C10H19NO.C10H16O.C9H14N2.C9H16O2.C7H13NO.C7H11NO.C7H12O.C7H10O.C6H13NO2S.C6H12O2S/c1-11(2,3)10(12)9-7-5-4-6-8-9;1-6-8-11(9(12)7-2)10(3,4)5;1-10(2,3)9(11)8-6-4-5-7-8;1-7-10-6-5-8(11-7)9(2,3)4;1-9(2,3)8(11)6-4-5-7-10;2*1-5-6(9)8-7(2,3)4;2*1-5-6(8)7(2,3)4;1-5-10(8,9)7-6(2,3)4;1-5-9(7,8)6(2,3)4/h7H,4-6,8H2,1-3H3;7H,2,6,8H2,1,3-5H3;6H,4-5,7H2,1-3H3;5-6H,1-4H3;4,6,10H,5,7H2,1-3H3;5H,1H2,2-4H3,(H,8,9);1H,2-4H3,(H,8,9);5H,1H2,2-4H3;1H,2-4H3;5,7H,1H2,2-4H3;5H,1H2,2-4H3/b;;;;6-4+;;;;;;. The number of aliphatic hydroxyl groups excluding tert-OH is 1. The van der Waals surface area contributed by atoms with Gasteiger partial charge in [-0.1, -0.05) is 183 Å². The highest BCUT2D eigenvalue weighted by molar-refractivity contribution is 7.95. The van der Waals surface area contributed by atoms with Crippen molar-refractivity contribution in [2.24, 2.45) is 27.1 Å². The molecule has 0 aromatic carbocycles. The minimum absolute atomic E-state index is 0.0179. The lowest BCUT2D eigenvalue weighted by Gasteiger charge is -2.34. The van der Waals surface area contributed by atoms with Gasteiger partial charge in [-0.3, -0.25) is 38.4 Å². The summed E-state index contributed by atoms with van der Waals surface area (Å²) < 4.78 is 45.1. The Bertz CT molecular complexity index is 3480. The predicted molar refractivity (Wildman–Crippen MR) is 464 cm³/mol. The van der Waals surface area contributed by atoms with Gasteiger partial charge in [-0.2, -0.15) is 0 Å². The fraction of sp³-hybridized carbons (Fsp3) is 0.640. The van der Waals surface area contributed by atoms with Crippen molar-refractivity contribution in [1.29, 1.82) is 0 Å². The van der Waals surface area contributed by atoms with Gasteiger partial charge in [-0.25, -0.2) is 31.5 Å².